The Labute approximate surface area is 222 Å². The van der Waals surface area contributed by atoms with Crippen molar-refractivity contribution in [1.29, 1.82) is 0 Å². The monoisotopic (exact) mass is 502 g/mol. The molecule has 7 heteroatoms. The summed E-state index contributed by atoms with van der Waals surface area (Å²) < 4.78 is 2.00. The summed E-state index contributed by atoms with van der Waals surface area (Å²) in [4.78, 5) is 20.1. The molecule has 0 bridgehead atoms. The number of imidazole rings is 1. The largest absolute Gasteiger partial charge is 0.355 e. The smallest absolute Gasteiger partial charge is 0.276 e. The van der Waals surface area contributed by atoms with Crippen LogP contribution in [0.4, 0.5) is 11.5 Å². The summed E-state index contributed by atoms with van der Waals surface area (Å²) in [6.07, 6.45) is 7.32. The molecule has 2 aromatic carbocycles. The number of carbonyl (C=O) groups is 1. The number of nitrogens with one attached hydrogen (secondary N) is 1. The van der Waals surface area contributed by atoms with Crippen molar-refractivity contribution >= 4 is 23.1 Å². The zero-order valence-electron chi connectivity index (χ0n) is 21.4. The van der Waals surface area contributed by atoms with E-state index in [0.29, 0.717) is 11.6 Å². The molecule has 0 aliphatic carbocycles. The van der Waals surface area contributed by atoms with Crippen LogP contribution < -0.4 is 10.2 Å². The minimum absolute atomic E-state index is 0.286. The van der Waals surface area contributed by atoms with Crippen LogP contribution >= 0.6 is 0 Å². The van der Waals surface area contributed by atoms with E-state index >= 15 is 0 Å². The lowest BCUT2D eigenvalue weighted by Crippen LogP contribution is -2.35. The minimum atomic E-state index is -0.294. The Hall–Kier alpha value is -4.52. The van der Waals surface area contributed by atoms with Crippen molar-refractivity contribution in [2.75, 3.05) is 23.3 Å². The van der Waals surface area contributed by atoms with Gasteiger partial charge >= 0.3 is 0 Å². The van der Waals surface area contributed by atoms with Gasteiger partial charge in [0.05, 0.1) is 11.4 Å². The molecule has 0 unspecified atom stereocenters. The Morgan fingerprint density at radius 3 is 2.47 bits per heavy atom. The number of hydrogen-bond acceptors (Lipinski definition) is 5. The van der Waals surface area contributed by atoms with Gasteiger partial charge < -0.3 is 14.6 Å². The number of aromatic nitrogens is 4. The predicted octanol–water partition coefficient (Wildman–Crippen LogP) is 5.81. The molecule has 4 heterocycles. The van der Waals surface area contributed by atoms with Gasteiger partial charge in [-0.3, -0.25) is 4.79 Å². The van der Waals surface area contributed by atoms with E-state index in [4.69, 9.17) is 4.98 Å². The topological polar surface area (TPSA) is 75.4 Å². The Morgan fingerprint density at radius 1 is 0.921 bits per heavy atom. The van der Waals surface area contributed by atoms with Crippen LogP contribution in [-0.4, -0.2) is 38.6 Å². The molecule has 1 amide bonds. The Kier molecular flexibility index (Phi) is 6.56. The number of piperidine rings is 1. The maximum atomic E-state index is 13.1. The Bertz CT molecular complexity index is 1550. The number of pyridine rings is 1. The average Bonchev–Trinajstić information content (AvgIpc) is 3.40. The number of fused-ring (bicyclic) bond motifs is 1. The fraction of sp³-hybridized carbons (Fsp3) is 0.226. The van der Waals surface area contributed by atoms with Crippen LogP contribution in [0.1, 0.15) is 34.5 Å². The van der Waals surface area contributed by atoms with Gasteiger partial charge in [-0.2, -0.15) is 0 Å². The first-order valence-electron chi connectivity index (χ1n) is 13.1. The van der Waals surface area contributed by atoms with E-state index in [1.165, 1.54) is 5.56 Å². The SMILES string of the molecule is Cc1cccn2cc(-c3ccccc3NC(=O)c3ccc(N4CCC(Cc5ccccc5)CC4)nn3)nc12. The second-order valence-electron chi connectivity index (χ2n) is 9.94. The Balaban J connectivity index is 1.11. The fourth-order valence-corrected chi connectivity index (χ4v) is 5.21. The summed E-state index contributed by atoms with van der Waals surface area (Å²) in [5, 5.41) is 11.7. The first-order valence-corrected chi connectivity index (χ1v) is 13.1. The van der Waals surface area contributed by atoms with E-state index < -0.39 is 0 Å². The molecular formula is C31H30N6O. The summed E-state index contributed by atoms with van der Waals surface area (Å²) in [5.74, 6) is 1.21. The molecular weight excluding hydrogens is 472 g/mol. The number of benzene rings is 2. The number of hydrogen-bond donors (Lipinski definition) is 1. The van der Waals surface area contributed by atoms with Gasteiger partial charge in [-0.25, -0.2) is 4.98 Å². The summed E-state index contributed by atoms with van der Waals surface area (Å²) in [6, 6.07) is 26.1. The summed E-state index contributed by atoms with van der Waals surface area (Å²) >= 11 is 0. The van der Waals surface area contributed by atoms with Crippen LogP contribution in [0.3, 0.4) is 0 Å². The normalized spacial score (nSPS) is 14.1. The van der Waals surface area contributed by atoms with Gasteiger partial charge in [0.2, 0.25) is 0 Å². The fourth-order valence-electron chi connectivity index (χ4n) is 5.21. The number of carbonyl (C=O) groups excluding carboxylic acids is 1. The third-order valence-corrected chi connectivity index (χ3v) is 7.32. The lowest BCUT2D eigenvalue weighted by atomic mass is 9.90. The molecule has 190 valence electrons. The standard InChI is InChI=1S/C31H30N6O/c1-22-8-7-17-37-21-28(32-30(22)37)25-11-5-6-12-26(25)33-31(38)27-13-14-29(35-34-27)36-18-15-24(16-19-36)20-23-9-3-2-4-10-23/h2-14,17,21,24H,15-16,18-20H2,1H3,(H,33,38). The van der Waals surface area contributed by atoms with Gasteiger partial charge in [0.1, 0.15) is 5.65 Å². The first-order chi connectivity index (χ1) is 18.6. The number of rotatable bonds is 6. The molecule has 1 fully saturated rings. The predicted molar refractivity (Wildman–Crippen MR) is 150 cm³/mol. The zero-order valence-corrected chi connectivity index (χ0v) is 21.4. The zero-order chi connectivity index (χ0) is 25.9. The highest BCUT2D eigenvalue weighted by Crippen LogP contribution is 2.29. The number of amides is 1. The van der Waals surface area contributed by atoms with Crippen LogP contribution in [0.25, 0.3) is 16.9 Å². The molecule has 0 radical (unpaired) electrons. The van der Waals surface area contributed by atoms with Gasteiger partial charge in [0, 0.05) is 31.0 Å². The molecule has 1 N–H and O–H groups in total. The van der Waals surface area contributed by atoms with Crippen molar-refractivity contribution in [2.24, 2.45) is 5.92 Å². The Morgan fingerprint density at radius 2 is 1.71 bits per heavy atom. The van der Waals surface area contributed by atoms with E-state index in [1.807, 2.05) is 66.2 Å². The van der Waals surface area contributed by atoms with Crippen molar-refractivity contribution in [1.82, 2.24) is 19.6 Å². The molecule has 6 rings (SSSR count). The van der Waals surface area contributed by atoms with Crippen LogP contribution in [0.2, 0.25) is 0 Å². The number of aryl methyl sites for hydroxylation is 1. The van der Waals surface area contributed by atoms with Crippen molar-refractivity contribution in [2.45, 2.75) is 26.2 Å². The van der Waals surface area contributed by atoms with Gasteiger partial charge in [-0.05, 0) is 67.5 Å². The molecule has 0 atom stereocenters. The van der Waals surface area contributed by atoms with Crippen molar-refractivity contribution < 1.29 is 4.79 Å². The molecule has 0 spiro atoms. The number of nitrogens with zero attached hydrogens (tertiary/aromatic N) is 5. The maximum absolute atomic E-state index is 13.1. The third kappa shape index (κ3) is 5.00. The molecule has 38 heavy (non-hydrogen) atoms. The third-order valence-electron chi connectivity index (χ3n) is 7.32. The molecule has 1 aliphatic rings. The van der Waals surface area contributed by atoms with E-state index in [9.17, 15) is 4.79 Å². The van der Waals surface area contributed by atoms with Gasteiger partial charge in [-0.15, -0.1) is 10.2 Å². The molecule has 1 aliphatic heterocycles. The summed E-state index contributed by atoms with van der Waals surface area (Å²) in [7, 11) is 0. The van der Waals surface area contributed by atoms with Gasteiger partial charge in [0.15, 0.2) is 11.5 Å². The average molecular weight is 503 g/mol. The van der Waals surface area contributed by atoms with Crippen LogP contribution in [0, 0.1) is 12.8 Å². The summed E-state index contributed by atoms with van der Waals surface area (Å²) in [6.45, 7) is 3.93. The molecule has 0 saturated carbocycles. The molecule has 7 nitrogen and oxygen atoms in total. The lowest BCUT2D eigenvalue weighted by Gasteiger charge is -2.32. The van der Waals surface area contributed by atoms with E-state index in [2.05, 4.69) is 50.7 Å². The molecule has 5 aromatic rings. The second-order valence-corrected chi connectivity index (χ2v) is 9.94. The molecule has 1 saturated heterocycles. The van der Waals surface area contributed by atoms with Crippen LogP contribution in [0.15, 0.2) is 91.3 Å². The summed E-state index contributed by atoms with van der Waals surface area (Å²) in [5.41, 5.74) is 6.02. The van der Waals surface area contributed by atoms with E-state index in [-0.39, 0.29) is 11.6 Å². The van der Waals surface area contributed by atoms with Crippen molar-refractivity contribution in [3.63, 3.8) is 0 Å². The van der Waals surface area contributed by atoms with Gasteiger partial charge in [-0.1, -0.05) is 54.6 Å². The number of anilines is 2. The molecule has 3 aromatic heterocycles. The highest BCUT2D eigenvalue weighted by Gasteiger charge is 2.21. The highest BCUT2D eigenvalue weighted by atomic mass is 16.1. The van der Waals surface area contributed by atoms with Crippen LogP contribution in [0.5, 0.6) is 0 Å². The lowest BCUT2D eigenvalue weighted by molar-refractivity contribution is 0.102. The maximum Gasteiger partial charge on any atom is 0.276 e. The van der Waals surface area contributed by atoms with E-state index in [0.717, 1.165) is 60.6 Å². The van der Waals surface area contributed by atoms with Crippen molar-refractivity contribution in [3.8, 4) is 11.3 Å². The van der Waals surface area contributed by atoms with Gasteiger partial charge in [0.25, 0.3) is 5.91 Å². The highest BCUT2D eigenvalue weighted by molar-refractivity contribution is 6.04. The van der Waals surface area contributed by atoms with Crippen molar-refractivity contribution in [3.05, 3.63) is 108 Å². The number of para-hydroxylation sites is 1. The van der Waals surface area contributed by atoms with E-state index in [1.54, 1.807) is 6.07 Å². The first kappa shape index (κ1) is 23.9. The quantitative estimate of drug-likeness (QED) is 0.317. The minimum Gasteiger partial charge on any atom is -0.355 e. The van der Waals surface area contributed by atoms with Crippen LogP contribution in [-0.2, 0) is 6.42 Å². The second kappa shape index (κ2) is 10.5.